The minimum absolute atomic E-state index is 0.0825. The molecule has 2 heterocycles. The average molecular weight is 380 g/mol. The van der Waals surface area contributed by atoms with Gasteiger partial charge in [-0.1, -0.05) is 25.3 Å². The van der Waals surface area contributed by atoms with Crippen LogP contribution in [-0.4, -0.2) is 40.0 Å². The summed E-state index contributed by atoms with van der Waals surface area (Å²) in [5, 5.41) is 3.25. The molecule has 1 unspecified atom stereocenters. The van der Waals surface area contributed by atoms with E-state index in [2.05, 4.69) is 10.3 Å². The van der Waals surface area contributed by atoms with Crippen molar-refractivity contribution in [2.75, 3.05) is 11.9 Å². The molecular formula is C22H29N5O. The number of nitrogens with one attached hydrogen (secondary N) is 1. The fourth-order valence-corrected chi connectivity index (χ4v) is 4.24. The average Bonchev–Trinajstić information content (AvgIpc) is 3.22. The molecule has 2 aromatic heterocycles. The van der Waals surface area contributed by atoms with Crippen LogP contribution in [0.15, 0.2) is 24.4 Å². The van der Waals surface area contributed by atoms with Gasteiger partial charge in [0.25, 0.3) is 0 Å². The van der Waals surface area contributed by atoms with Crippen molar-refractivity contribution in [1.82, 2.24) is 20.3 Å². The minimum Gasteiger partial charge on any atom is -0.352 e. The molecule has 4 rings (SSSR count). The highest BCUT2D eigenvalue weighted by atomic mass is 16.2. The molecule has 28 heavy (non-hydrogen) atoms. The number of fused-ring (bicyclic) bond motifs is 1. The summed E-state index contributed by atoms with van der Waals surface area (Å²) in [6, 6.07) is 5.81. The molecule has 2 aromatic rings. The molecule has 0 aliphatic heterocycles. The molecule has 1 fully saturated rings. The summed E-state index contributed by atoms with van der Waals surface area (Å²) < 4.78 is 0. The zero-order valence-corrected chi connectivity index (χ0v) is 16.8. The number of rotatable bonds is 5. The fourth-order valence-electron chi connectivity index (χ4n) is 4.24. The van der Waals surface area contributed by atoms with Crippen LogP contribution in [-0.2, 0) is 17.6 Å². The van der Waals surface area contributed by atoms with Gasteiger partial charge in [-0.15, -0.1) is 0 Å². The lowest BCUT2D eigenvalue weighted by Gasteiger charge is -2.30. The van der Waals surface area contributed by atoms with Crippen molar-refractivity contribution in [3.05, 3.63) is 35.7 Å². The van der Waals surface area contributed by atoms with Crippen LogP contribution < -0.4 is 10.2 Å². The molecule has 0 spiro atoms. The standard InChI is InChI=1S/C22H29N5O/c1-15(22(28)24-16-9-4-3-5-10-16)27(2)21-17-11-8-13-18(17)25-20(26-21)19-12-6-7-14-23-19/h6-7,12,14-16H,3-5,8-11,13H2,1-2H3,(H,24,28). The number of nitrogens with zero attached hydrogens (tertiary/aromatic N) is 4. The number of aryl methyl sites for hydroxylation is 1. The largest absolute Gasteiger partial charge is 0.352 e. The van der Waals surface area contributed by atoms with Crippen LogP contribution >= 0.6 is 0 Å². The maximum atomic E-state index is 12.9. The van der Waals surface area contributed by atoms with Gasteiger partial charge in [0, 0.05) is 30.5 Å². The van der Waals surface area contributed by atoms with E-state index < -0.39 is 0 Å². The number of carbonyl (C=O) groups excluding carboxylic acids is 1. The van der Waals surface area contributed by atoms with E-state index in [4.69, 9.17) is 9.97 Å². The van der Waals surface area contributed by atoms with E-state index in [1.54, 1.807) is 6.20 Å². The van der Waals surface area contributed by atoms with E-state index in [9.17, 15) is 4.79 Å². The molecule has 6 nitrogen and oxygen atoms in total. The lowest BCUT2D eigenvalue weighted by molar-refractivity contribution is -0.122. The lowest BCUT2D eigenvalue weighted by Crippen LogP contribution is -2.48. The molecule has 2 aliphatic rings. The van der Waals surface area contributed by atoms with E-state index in [-0.39, 0.29) is 11.9 Å². The van der Waals surface area contributed by atoms with Gasteiger partial charge in [-0.25, -0.2) is 9.97 Å². The third kappa shape index (κ3) is 3.86. The Labute approximate surface area is 166 Å². The van der Waals surface area contributed by atoms with Crippen LogP contribution in [0.4, 0.5) is 5.82 Å². The molecule has 2 aliphatic carbocycles. The smallest absolute Gasteiger partial charge is 0.242 e. The summed E-state index contributed by atoms with van der Waals surface area (Å²) in [6.45, 7) is 1.96. The number of likely N-dealkylation sites (N-methyl/N-ethyl adjacent to an activating group) is 1. The predicted octanol–water partition coefficient (Wildman–Crippen LogP) is 3.30. The van der Waals surface area contributed by atoms with Gasteiger partial charge in [0.05, 0.1) is 0 Å². The van der Waals surface area contributed by atoms with Crippen molar-refractivity contribution in [3.8, 4) is 11.5 Å². The lowest BCUT2D eigenvalue weighted by atomic mass is 9.95. The molecule has 0 radical (unpaired) electrons. The Kier molecular flexibility index (Phi) is 5.55. The Balaban J connectivity index is 1.58. The summed E-state index contributed by atoms with van der Waals surface area (Å²) in [5.41, 5.74) is 3.04. The first-order valence-electron chi connectivity index (χ1n) is 10.5. The second kappa shape index (κ2) is 8.25. The van der Waals surface area contributed by atoms with Crippen molar-refractivity contribution >= 4 is 11.7 Å². The summed E-state index contributed by atoms with van der Waals surface area (Å²) >= 11 is 0. The number of aromatic nitrogens is 3. The minimum atomic E-state index is -0.280. The molecule has 6 heteroatoms. The van der Waals surface area contributed by atoms with Gasteiger partial charge >= 0.3 is 0 Å². The van der Waals surface area contributed by atoms with E-state index in [0.29, 0.717) is 11.9 Å². The summed E-state index contributed by atoms with van der Waals surface area (Å²) in [5.74, 6) is 1.59. The molecule has 0 bridgehead atoms. The summed E-state index contributed by atoms with van der Waals surface area (Å²) in [4.78, 5) is 28.9. The maximum Gasteiger partial charge on any atom is 0.242 e. The van der Waals surface area contributed by atoms with Gasteiger partial charge in [-0.2, -0.15) is 0 Å². The third-order valence-electron chi connectivity index (χ3n) is 6.05. The maximum absolute atomic E-state index is 12.9. The fraction of sp³-hybridized carbons (Fsp3) is 0.545. The topological polar surface area (TPSA) is 71.0 Å². The first kappa shape index (κ1) is 18.8. The Hall–Kier alpha value is -2.50. The van der Waals surface area contributed by atoms with Crippen LogP contribution in [0.1, 0.15) is 56.7 Å². The SMILES string of the molecule is CC(C(=O)NC1CCCCC1)N(C)c1nc(-c2ccccn2)nc2c1CCC2. The summed E-state index contributed by atoms with van der Waals surface area (Å²) in [7, 11) is 1.97. The number of amides is 1. The molecule has 1 saturated carbocycles. The van der Waals surface area contributed by atoms with Crippen LogP contribution in [0.5, 0.6) is 0 Å². The molecular weight excluding hydrogens is 350 g/mol. The van der Waals surface area contributed by atoms with Crippen LogP contribution in [0.3, 0.4) is 0 Å². The number of carbonyl (C=O) groups is 1. The van der Waals surface area contributed by atoms with Gasteiger partial charge in [-0.05, 0) is 51.2 Å². The molecule has 1 atom stereocenters. The Morgan fingerprint density at radius 2 is 1.96 bits per heavy atom. The zero-order chi connectivity index (χ0) is 19.5. The summed E-state index contributed by atoms with van der Waals surface area (Å²) in [6.07, 6.45) is 10.7. The second-order valence-electron chi connectivity index (χ2n) is 7.99. The quantitative estimate of drug-likeness (QED) is 0.863. The highest BCUT2D eigenvalue weighted by Crippen LogP contribution is 2.31. The molecule has 0 saturated heterocycles. The highest BCUT2D eigenvalue weighted by molar-refractivity contribution is 5.85. The van der Waals surface area contributed by atoms with Gasteiger partial charge in [0.2, 0.25) is 5.91 Å². The third-order valence-corrected chi connectivity index (χ3v) is 6.05. The van der Waals surface area contributed by atoms with Gasteiger partial charge in [0.15, 0.2) is 5.82 Å². The van der Waals surface area contributed by atoms with Crippen molar-refractivity contribution in [2.24, 2.45) is 0 Å². The number of hydrogen-bond acceptors (Lipinski definition) is 5. The predicted molar refractivity (Wildman–Crippen MR) is 110 cm³/mol. The van der Waals surface area contributed by atoms with E-state index in [1.807, 2.05) is 37.1 Å². The Bertz CT molecular complexity index is 832. The van der Waals surface area contributed by atoms with Crippen molar-refractivity contribution in [1.29, 1.82) is 0 Å². The monoisotopic (exact) mass is 379 g/mol. The normalized spacial score (nSPS) is 17.8. The van der Waals surface area contributed by atoms with Crippen molar-refractivity contribution < 1.29 is 4.79 Å². The van der Waals surface area contributed by atoms with Crippen LogP contribution in [0.25, 0.3) is 11.5 Å². The van der Waals surface area contributed by atoms with Crippen LogP contribution in [0.2, 0.25) is 0 Å². The van der Waals surface area contributed by atoms with Crippen molar-refractivity contribution in [3.63, 3.8) is 0 Å². The highest BCUT2D eigenvalue weighted by Gasteiger charge is 2.28. The molecule has 1 N–H and O–H groups in total. The van der Waals surface area contributed by atoms with E-state index in [0.717, 1.165) is 49.3 Å². The van der Waals surface area contributed by atoms with Gasteiger partial charge in [0.1, 0.15) is 17.6 Å². The van der Waals surface area contributed by atoms with Gasteiger partial charge in [-0.3, -0.25) is 9.78 Å². The van der Waals surface area contributed by atoms with E-state index >= 15 is 0 Å². The van der Waals surface area contributed by atoms with E-state index in [1.165, 1.54) is 24.8 Å². The first-order chi connectivity index (χ1) is 13.6. The number of anilines is 1. The zero-order valence-electron chi connectivity index (χ0n) is 16.8. The molecule has 148 valence electrons. The van der Waals surface area contributed by atoms with Crippen LogP contribution in [0, 0.1) is 0 Å². The number of hydrogen-bond donors (Lipinski definition) is 1. The van der Waals surface area contributed by atoms with Gasteiger partial charge < -0.3 is 10.2 Å². The molecule has 1 amide bonds. The Morgan fingerprint density at radius 1 is 1.14 bits per heavy atom. The second-order valence-corrected chi connectivity index (χ2v) is 7.99. The first-order valence-corrected chi connectivity index (χ1v) is 10.5. The Morgan fingerprint density at radius 3 is 2.71 bits per heavy atom. The van der Waals surface area contributed by atoms with Crippen molar-refractivity contribution in [2.45, 2.75) is 70.4 Å². The number of pyridine rings is 1. The molecule has 0 aromatic carbocycles.